The van der Waals surface area contributed by atoms with Gasteiger partial charge in [-0.2, -0.15) is 0 Å². The van der Waals surface area contributed by atoms with Crippen molar-refractivity contribution in [2.75, 3.05) is 14.2 Å². The molecule has 17 heavy (non-hydrogen) atoms. The van der Waals surface area contributed by atoms with Crippen molar-refractivity contribution >= 4 is 5.78 Å². The molecule has 0 aromatic heterocycles. The largest absolute Gasteiger partial charge is 0.387 e. The molecule has 0 aliphatic rings. The Morgan fingerprint density at radius 1 is 1.29 bits per heavy atom. The summed E-state index contributed by atoms with van der Waals surface area (Å²) in [7, 11) is 2.86. The second-order valence-corrected chi connectivity index (χ2v) is 3.41. The third-order valence-corrected chi connectivity index (χ3v) is 2.17. The van der Waals surface area contributed by atoms with Crippen molar-refractivity contribution in [3.05, 3.63) is 48.2 Å². The number of ketones is 1. The van der Waals surface area contributed by atoms with Crippen LogP contribution < -0.4 is 5.32 Å². The van der Waals surface area contributed by atoms with Gasteiger partial charge in [0.1, 0.15) is 0 Å². The molecule has 0 spiro atoms. The topological polar surface area (TPSA) is 47.6 Å². The Balaban J connectivity index is 2.33. The van der Waals surface area contributed by atoms with Crippen LogP contribution in [0.15, 0.2) is 42.6 Å². The van der Waals surface area contributed by atoms with Crippen molar-refractivity contribution in [3.63, 3.8) is 0 Å². The summed E-state index contributed by atoms with van der Waals surface area (Å²) in [5, 5.41) is 3.02. The maximum atomic E-state index is 11.4. The molecule has 0 amide bonds. The quantitative estimate of drug-likeness (QED) is 0.574. The number of rotatable bonds is 7. The van der Waals surface area contributed by atoms with E-state index in [9.17, 15) is 4.79 Å². The molecule has 92 valence electrons. The normalized spacial score (nSPS) is 11.0. The maximum Gasteiger partial charge on any atom is 0.221 e. The third kappa shape index (κ3) is 4.80. The van der Waals surface area contributed by atoms with Gasteiger partial charge in [-0.1, -0.05) is 30.3 Å². The van der Waals surface area contributed by atoms with Crippen molar-refractivity contribution < 1.29 is 14.3 Å². The van der Waals surface area contributed by atoms with Crippen molar-refractivity contribution in [3.8, 4) is 0 Å². The molecule has 1 rings (SSSR count). The fourth-order valence-corrected chi connectivity index (χ4v) is 1.32. The summed E-state index contributed by atoms with van der Waals surface area (Å²) in [6.07, 6.45) is 2.17. The van der Waals surface area contributed by atoms with Crippen molar-refractivity contribution in [1.82, 2.24) is 5.32 Å². The summed E-state index contributed by atoms with van der Waals surface area (Å²) in [6, 6.07) is 9.92. The van der Waals surface area contributed by atoms with Gasteiger partial charge in [0, 0.05) is 33.0 Å². The zero-order valence-corrected chi connectivity index (χ0v) is 10.1. The fourth-order valence-electron chi connectivity index (χ4n) is 1.32. The Labute approximate surface area is 101 Å². The minimum absolute atomic E-state index is 0.226. The summed E-state index contributed by atoms with van der Waals surface area (Å²) in [5.74, 6) is -0.226. The lowest BCUT2D eigenvalue weighted by Gasteiger charge is -2.08. The lowest BCUT2D eigenvalue weighted by Crippen LogP contribution is -2.23. The zero-order chi connectivity index (χ0) is 12.5. The molecule has 0 unspecified atom stereocenters. The first-order valence-corrected chi connectivity index (χ1v) is 5.31. The number of ether oxygens (including phenoxy) is 2. The smallest absolute Gasteiger partial charge is 0.221 e. The van der Waals surface area contributed by atoms with Crippen LogP contribution >= 0.6 is 0 Å². The number of carbonyl (C=O) groups excluding carboxylic acids is 1. The van der Waals surface area contributed by atoms with E-state index in [1.54, 1.807) is 6.20 Å². The van der Waals surface area contributed by atoms with E-state index in [2.05, 4.69) is 5.32 Å². The molecule has 0 aliphatic carbocycles. The molecular weight excluding hydrogens is 218 g/mol. The van der Waals surface area contributed by atoms with E-state index in [4.69, 9.17) is 9.47 Å². The fraction of sp³-hybridized carbons (Fsp3) is 0.308. The summed E-state index contributed by atoms with van der Waals surface area (Å²) in [6.45, 7) is 0.676. The number of benzene rings is 1. The highest BCUT2D eigenvalue weighted by Gasteiger charge is 2.12. The molecule has 0 bridgehead atoms. The monoisotopic (exact) mass is 235 g/mol. The van der Waals surface area contributed by atoms with Crippen molar-refractivity contribution in [2.45, 2.75) is 12.8 Å². The second-order valence-electron chi connectivity index (χ2n) is 3.41. The Morgan fingerprint density at radius 2 is 1.94 bits per heavy atom. The highest BCUT2D eigenvalue weighted by atomic mass is 16.7. The molecule has 1 aromatic rings. The van der Waals surface area contributed by atoms with Gasteiger partial charge in [-0.3, -0.25) is 4.79 Å². The molecule has 0 saturated heterocycles. The van der Waals surface area contributed by atoms with Crippen LogP contribution in [0.5, 0.6) is 0 Å². The van der Waals surface area contributed by atoms with Gasteiger partial charge in [0.2, 0.25) is 12.1 Å². The number of methoxy groups -OCH3 is 2. The van der Waals surface area contributed by atoms with Crippen LogP contribution in [0.25, 0.3) is 0 Å². The van der Waals surface area contributed by atoms with Gasteiger partial charge in [-0.05, 0) is 5.56 Å². The van der Waals surface area contributed by atoms with Gasteiger partial charge in [0.05, 0.1) is 0 Å². The highest BCUT2D eigenvalue weighted by Crippen LogP contribution is 1.97. The molecular formula is C13H17NO3. The Hall–Kier alpha value is -1.65. The standard InChI is InChI=1S/C13H17NO3/c1-16-13(17-2)12(15)8-9-14-10-11-6-4-3-5-7-11/h3-9,13-14H,10H2,1-2H3/b9-8+. The Bertz CT molecular complexity index is 358. The van der Waals surface area contributed by atoms with E-state index in [1.165, 1.54) is 20.3 Å². The van der Waals surface area contributed by atoms with Crippen LogP contribution in [0.3, 0.4) is 0 Å². The van der Waals surface area contributed by atoms with Crippen molar-refractivity contribution in [1.29, 1.82) is 0 Å². The SMILES string of the molecule is COC(OC)C(=O)/C=C/NCc1ccccc1. The number of carbonyl (C=O) groups is 1. The number of nitrogens with one attached hydrogen (secondary N) is 1. The van der Waals surface area contributed by atoms with Gasteiger partial charge in [0.15, 0.2) is 0 Å². The van der Waals surface area contributed by atoms with E-state index in [0.717, 1.165) is 5.56 Å². The highest BCUT2D eigenvalue weighted by molar-refractivity contribution is 5.92. The first-order valence-electron chi connectivity index (χ1n) is 5.31. The van der Waals surface area contributed by atoms with Crippen LogP contribution in [0.2, 0.25) is 0 Å². The molecule has 0 fully saturated rings. The van der Waals surface area contributed by atoms with Gasteiger partial charge in [0.25, 0.3) is 0 Å². The van der Waals surface area contributed by atoms with Crippen LogP contribution in [-0.4, -0.2) is 26.3 Å². The van der Waals surface area contributed by atoms with Gasteiger partial charge < -0.3 is 14.8 Å². The van der Waals surface area contributed by atoms with Gasteiger partial charge in [-0.15, -0.1) is 0 Å². The number of hydrogen-bond donors (Lipinski definition) is 1. The molecule has 4 heteroatoms. The average Bonchev–Trinajstić information content (AvgIpc) is 2.37. The molecule has 0 aliphatic heterocycles. The third-order valence-electron chi connectivity index (χ3n) is 2.17. The Kier molecular flexibility index (Phi) is 5.99. The minimum Gasteiger partial charge on any atom is -0.387 e. The molecule has 0 heterocycles. The first-order chi connectivity index (χ1) is 8.27. The molecule has 0 atom stereocenters. The van der Waals surface area contributed by atoms with Gasteiger partial charge >= 0.3 is 0 Å². The summed E-state index contributed by atoms with van der Waals surface area (Å²) < 4.78 is 9.65. The van der Waals surface area contributed by atoms with Crippen LogP contribution in [0, 0.1) is 0 Å². The van der Waals surface area contributed by atoms with Crippen molar-refractivity contribution in [2.24, 2.45) is 0 Å². The predicted molar refractivity (Wildman–Crippen MR) is 65.2 cm³/mol. The minimum atomic E-state index is -0.829. The lowest BCUT2D eigenvalue weighted by molar-refractivity contribution is -0.151. The van der Waals surface area contributed by atoms with E-state index >= 15 is 0 Å². The molecule has 0 radical (unpaired) electrons. The van der Waals surface area contributed by atoms with E-state index in [-0.39, 0.29) is 5.78 Å². The zero-order valence-electron chi connectivity index (χ0n) is 10.1. The van der Waals surface area contributed by atoms with E-state index in [1.807, 2.05) is 30.3 Å². The van der Waals surface area contributed by atoms with E-state index in [0.29, 0.717) is 6.54 Å². The molecule has 4 nitrogen and oxygen atoms in total. The summed E-state index contributed by atoms with van der Waals surface area (Å²) in [5.41, 5.74) is 1.15. The summed E-state index contributed by atoms with van der Waals surface area (Å²) in [4.78, 5) is 11.4. The van der Waals surface area contributed by atoms with Crippen LogP contribution in [-0.2, 0) is 20.8 Å². The molecule has 1 N–H and O–H groups in total. The Morgan fingerprint density at radius 3 is 2.53 bits per heavy atom. The second kappa shape index (κ2) is 7.60. The lowest BCUT2D eigenvalue weighted by atomic mass is 10.2. The summed E-state index contributed by atoms with van der Waals surface area (Å²) >= 11 is 0. The maximum absolute atomic E-state index is 11.4. The molecule has 0 saturated carbocycles. The van der Waals surface area contributed by atoms with Crippen LogP contribution in [0.4, 0.5) is 0 Å². The number of hydrogen-bond acceptors (Lipinski definition) is 4. The van der Waals surface area contributed by atoms with Crippen LogP contribution in [0.1, 0.15) is 5.56 Å². The predicted octanol–water partition coefficient (Wildman–Crippen LogP) is 1.48. The first kappa shape index (κ1) is 13.4. The van der Waals surface area contributed by atoms with E-state index < -0.39 is 6.29 Å². The van der Waals surface area contributed by atoms with Gasteiger partial charge in [-0.25, -0.2) is 0 Å². The molecule has 1 aromatic carbocycles. The average molecular weight is 235 g/mol.